The van der Waals surface area contributed by atoms with Crippen molar-refractivity contribution >= 4 is 11.6 Å². The Balaban J connectivity index is 1.75. The van der Waals surface area contributed by atoms with Crippen molar-refractivity contribution in [1.82, 2.24) is 5.32 Å². The molecule has 3 nitrogen and oxygen atoms in total. The predicted octanol–water partition coefficient (Wildman–Crippen LogP) is 2.07. The van der Waals surface area contributed by atoms with Crippen molar-refractivity contribution in [1.29, 1.82) is 0 Å². The Labute approximate surface area is 102 Å². The molecule has 1 saturated carbocycles. The molecule has 1 fully saturated rings. The first-order valence-corrected chi connectivity index (χ1v) is 6.44. The van der Waals surface area contributed by atoms with Gasteiger partial charge in [0.05, 0.1) is 0 Å². The maximum atomic E-state index is 11.8. The first kappa shape index (κ1) is 10.8. The zero-order chi connectivity index (χ0) is 11.7. The van der Waals surface area contributed by atoms with Crippen LogP contribution in [0.15, 0.2) is 18.2 Å². The quantitative estimate of drug-likeness (QED) is 0.834. The van der Waals surface area contributed by atoms with Crippen LogP contribution in [0.5, 0.6) is 0 Å². The van der Waals surface area contributed by atoms with Gasteiger partial charge in [-0.15, -0.1) is 0 Å². The largest absolute Gasteiger partial charge is 0.326 e. The second kappa shape index (κ2) is 4.49. The lowest BCUT2D eigenvalue weighted by atomic mass is 9.99. The molecule has 2 aliphatic rings. The summed E-state index contributed by atoms with van der Waals surface area (Å²) in [6.45, 7) is 1.92. The van der Waals surface area contributed by atoms with Crippen molar-refractivity contribution in [2.75, 3.05) is 11.9 Å². The minimum absolute atomic E-state index is 0.180. The molecule has 0 saturated heterocycles. The van der Waals surface area contributed by atoms with E-state index in [-0.39, 0.29) is 5.91 Å². The van der Waals surface area contributed by atoms with Gasteiger partial charge in [0.1, 0.15) is 0 Å². The number of carbonyl (C=O) groups excluding carboxylic acids is 1. The fourth-order valence-corrected chi connectivity index (χ4v) is 2.43. The molecule has 0 bridgehead atoms. The number of amides is 1. The highest BCUT2D eigenvalue weighted by atomic mass is 16.1. The van der Waals surface area contributed by atoms with E-state index in [9.17, 15) is 4.79 Å². The topological polar surface area (TPSA) is 41.1 Å². The third-order valence-corrected chi connectivity index (χ3v) is 3.59. The first-order chi connectivity index (χ1) is 8.33. The Bertz CT molecular complexity index is 438. The molecule has 1 aromatic rings. The smallest absolute Gasteiger partial charge is 0.224 e. The van der Waals surface area contributed by atoms with E-state index >= 15 is 0 Å². The number of anilines is 1. The van der Waals surface area contributed by atoms with Crippen LogP contribution >= 0.6 is 0 Å². The molecule has 3 rings (SSSR count). The SMILES string of the molecule is O=C(CC1CC1)Nc1cccc2c1CCNC2. The summed E-state index contributed by atoms with van der Waals surface area (Å²) in [5.74, 6) is 0.829. The fraction of sp³-hybridized carbons (Fsp3) is 0.500. The Morgan fingerprint density at radius 1 is 1.41 bits per heavy atom. The van der Waals surface area contributed by atoms with Crippen molar-refractivity contribution in [3.63, 3.8) is 0 Å². The molecule has 0 spiro atoms. The third kappa shape index (κ3) is 2.50. The highest BCUT2D eigenvalue weighted by Gasteiger charge is 2.24. The summed E-state index contributed by atoms with van der Waals surface area (Å²) in [4.78, 5) is 11.8. The van der Waals surface area contributed by atoms with Gasteiger partial charge in [-0.1, -0.05) is 12.1 Å². The van der Waals surface area contributed by atoms with Gasteiger partial charge in [0, 0.05) is 18.7 Å². The molecule has 2 N–H and O–H groups in total. The van der Waals surface area contributed by atoms with Gasteiger partial charge in [-0.3, -0.25) is 4.79 Å². The number of carbonyl (C=O) groups is 1. The number of nitrogens with one attached hydrogen (secondary N) is 2. The Morgan fingerprint density at radius 3 is 3.12 bits per heavy atom. The summed E-state index contributed by atoms with van der Waals surface area (Å²) in [6.07, 6.45) is 4.16. The number of benzene rings is 1. The van der Waals surface area contributed by atoms with E-state index in [0.717, 1.165) is 25.2 Å². The summed E-state index contributed by atoms with van der Waals surface area (Å²) in [5, 5.41) is 6.43. The van der Waals surface area contributed by atoms with Gasteiger partial charge in [0.25, 0.3) is 0 Å². The molecule has 90 valence electrons. The van der Waals surface area contributed by atoms with E-state index in [4.69, 9.17) is 0 Å². The average Bonchev–Trinajstić information content (AvgIpc) is 3.13. The maximum absolute atomic E-state index is 11.8. The van der Waals surface area contributed by atoms with Gasteiger partial charge in [0.2, 0.25) is 5.91 Å². The van der Waals surface area contributed by atoms with E-state index in [2.05, 4.69) is 16.7 Å². The van der Waals surface area contributed by atoms with Crippen LogP contribution in [0.25, 0.3) is 0 Å². The summed E-state index contributed by atoms with van der Waals surface area (Å²) < 4.78 is 0. The highest BCUT2D eigenvalue weighted by Crippen LogP contribution is 2.33. The summed E-state index contributed by atoms with van der Waals surface area (Å²) in [6, 6.07) is 6.19. The molecule has 0 radical (unpaired) electrons. The molecule has 1 heterocycles. The predicted molar refractivity (Wildman–Crippen MR) is 67.8 cm³/mol. The number of fused-ring (bicyclic) bond motifs is 1. The molecule has 1 aliphatic carbocycles. The van der Waals surface area contributed by atoms with Crippen LogP contribution in [-0.2, 0) is 17.8 Å². The highest BCUT2D eigenvalue weighted by molar-refractivity contribution is 5.92. The second-order valence-electron chi connectivity index (χ2n) is 5.07. The van der Waals surface area contributed by atoms with Gasteiger partial charge in [-0.25, -0.2) is 0 Å². The van der Waals surface area contributed by atoms with Gasteiger partial charge < -0.3 is 10.6 Å². The Kier molecular flexibility index (Phi) is 2.85. The van der Waals surface area contributed by atoms with Crippen molar-refractivity contribution in [3.05, 3.63) is 29.3 Å². The molecule has 1 aliphatic heterocycles. The monoisotopic (exact) mass is 230 g/mol. The van der Waals surface area contributed by atoms with E-state index in [1.165, 1.54) is 24.0 Å². The number of hydrogen-bond acceptors (Lipinski definition) is 2. The molecular weight excluding hydrogens is 212 g/mol. The Hall–Kier alpha value is -1.35. The van der Waals surface area contributed by atoms with Crippen LogP contribution in [0.1, 0.15) is 30.4 Å². The number of rotatable bonds is 3. The minimum Gasteiger partial charge on any atom is -0.326 e. The lowest BCUT2D eigenvalue weighted by Gasteiger charge is -2.20. The zero-order valence-electron chi connectivity index (χ0n) is 9.96. The van der Waals surface area contributed by atoms with E-state index in [1.807, 2.05) is 12.1 Å². The first-order valence-electron chi connectivity index (χ1n) is 6.44. The lowest BCUT2D eigenvalue weighted by Crippen LogP contribution is -2.25. The van der Waals surface area contributed by atoms with Crippen molar-refractivity contribution in [3.8, 4) is 0 Å². The van der Waals surface area contributed by atoms with Crippen LogP contribution in [0.2, 0.25) is 0 Å². The fourth-order valence-electron chi connectivity index (χ4n) is 2.43. The van der Waals surface area contributed by atoms with Crippen molar-refractivity contribution < 1.29 is 4.79 Å². The Morgan fingerprint density at radius 2 is 2.29 bits per heavy atom. The van der Waals surface area contributed by atoms with Gasteiger partial charge in [-0.05, 0) is 48.9 Å². The summed E-state index contributed by atoms with van der Waals surface area (Å²) >= 11 is 0. The van der Waals surface area contributed by atoms with Crippen molar-refractivity contribution in [2.45, 2.75) is 32.2 Å². The third-order valence-electron chi connectivity index (χ3n) is 3.59. The molecule has 17 heavy (non-hydrogen) atoms. The van der Waals surface area contributed by atoms with Crippen molar-refractivity contribution in [2.24, 2.45) is 5.92 Å². The van der Waals surface area contributed by atoms with Crippen LogP contribution in [0.4, 0.5) is 5.69 Å². The normalized spacial score (nSPS) is 18.6. The molecule has 0 unspecified atom stereocenters. The standard InChI is InChI=1S/C14H18N2O/c17-14(8-10-4-5-10)16-13-3-1-2-11-9-15-7-6-12(11)13/h1-3,10,15H,4-9H2,(H,16,17). The maximum Gasteiger partial charge on any atom is 0.224 e. The molecule has 0 atom stereocenters. The van der Waals surface area contributed by atoms with Gasteiger partial charge >= 0.3 is 0 Å². The van der Waals surface area contributed by atoms with Crippen LogP contribution in [0, 0.1) is 5.92 Å². The van der Waals surface area contributed by atoms with Crippen LogP contribution in [-0.4, -0.2) is 12.5 Å². The second-order valence-corrected chi connectivity index (χ2v) is 5.07. The summed E-state index contributed by atoms with van der Waals surface area (Å²) in [5.41, 5.74) is 3.66. The zero-order valence-corrected chi connectivity index (χ0v) is 9.96. The molecule has 1 amide bonds. The van der Waals surface area contributed by atoms with Crippen LogP contribution < -0.4 is 10.6 Å². The van der Waals surface area contributed by atoms with Gasteiger partial charge in [-0.2, -0.15) is 0 Å². The molecule has 1 aromatic carbocycles. The number of hydrogen-bond donors (Lipinski definition) is 2. The van der Waals surface area contributed by atoms with E-state index in [1.54, 1.807) is 0 Å². The average molecular weight is 230 g/mol. The van der Waals surface area contributed by atoms with E-state index in [0.29, 0.717) is 12.3 Å². The van der Waals surface area contributed by atoms with E-state index < -0.39 is 0 Å². The minimum atomic E-state index is 0.180. The molecular formula is C14H18N2O. The summed E-state index contributed by atoms with van der Waals surface area (Å²) in [7, 11) is 0. The van der Waals surface area contributed by atoms with Gasteiger partial charge in [0.15, 0.2) is 0 Å². The lowest BCUT2D eigenvalue weighted by molar-refractivity contribution is -0.116. The molecule has 0 aromatic heterocycles. The van der Waals surface area contributed by atoms with Crippen LogP contribution in [0.3, 0.4) is 0 Å². The molecule has 3 heteroatoms.